The Balaban J connectivity index is 2.07. The third kappa shape index (κ3) is 3.34. The second-order valence-electron chi connectivity index (χ2n) is 3.91. The predicted octanol–water partition coefficient (Wildman–Crippen LogP) is 3.15. The van der Waals surface area contributed by atoms with E-state index in [4.69, 9.17) is 0 Å². The number of nitrogens with one attached hydrogen (secondary N) is 2. The largest absolute Gasteiger partial charge is 0.433 e. The lowest BCUT2D eigenvalue weighted by atomic mass is 10.3. The summed E-state index contributed by atoms with van der Waals surface area (Å²) in [5, 5.41) is 5.09. The Morgan fingerprint density at radius 1 is 1.39 bits per heavy atom. The highest BCUT2D eigenvalue weighted by Crippen LogP contribution is 2.31. The van der Waals surface area contributed by atoms with Gasteiger partial charge in [-0.15, -0.1) is 0 Å². The molecular weight excluding hydrogens is 315 g/mol. The van der Waals surface area contributed by atoms with E-state index in [1.54, 1.807) is 0 Å². The van der Waals surface area contributed by atoms with Gasteiger partial charge >= 0.3 is 12.2 Å². The van der Waals surface area contributed by atoms with Gasteiger partial charge in [0, 0.05) is 6.04 Å². The number of anilines is 1. The summed E-state index contributed by atoms with van der Waals surface area (Å²) in [6.45, 7) is 0. The first-order valence-electron chi connectivity index (χ1n) is 5.17. The van der Waals surface area contributed by atoms with E-state index in [1.807, 2.05) is 0 Å². The Bertz CT molecular complexity index is 474. The lowest BCUT2D eigenvalue weighted by Gasteiger charge is -2.10. The topological polar surface area (TPSA) is 54.0 Å². The SMILES string of the molecule is O=C(Nc1ccc(C(F)(F)F)nc1Br)NC1CC1. The van der Waals surface area contributed by atoms with E-state index in [-0.39, 0.29) is 16.3 Å². The number of halogens is 4. The van der Waals surface area contributed by atoms with Crippen molar-refractivity contribution in [3.05, 3.63) is 22.4 Å². The molecule has 0 bridgehead atoms. The van der Waals surface area contributed by atoms with E-state index in [1.165, 1.54) is 0 Å². The maximum Gasteiger partial charge on any atom is 0.433 e. The van der Waals surface area contributed by atoms with Gasteiger partial charge < -0.3 is 10.6 Å². The van der Waals surface area contributed by atoms with Crippen molar-refractivity contribution in [2.45, 2.75) is 25.1 Å². The Hall–Kier alpha value is -1.31. The lowest BCUT2D eigenvalue weighted by Crippen LogP contribution is -2.30. The van der Waals surface area contributed by atoms with Crippen LogP contribution in [0.2, 0.25) is 0 Å². The lowest BCUT2D eigenvalue weighted by molar-refractivity contribution is -0.141. The van der Waals surface area contributed by atoms with Gasteiger partial charge in [-0.2, -0.15) is 13.2 Å². The molecule has 1 fully saturated rings. The number of hydrogen-bond donors (Lipinski definition) is 2. The van der Waals surface area contributed by atoms with E-state index in [9.17, 15) is 18.0 Å². The monoisotopic (exact) mass is 323 g/mol. The van der Waals surface area contributed by atoms with Crippen molar-refractivity contribution in [2.75, 3.05) is 5.32 Å². The fourth-order valence-corrected chi connectivity index (χ4v) is 1.68. The van der Waals surface area contributed by atoms with Crippen molar-refractivity contribution < 1.29 is 18.0 Å². The number of hydrogen-bond acceptors (Lipinski definition) is 2. The average Bonchev–Trinajstić information content (AvgIpc) is 3.03. The van der Waals surface area contributed by atoms with Crippen LogP contribution in [0.25, 0.3) is 0 Å². The molecule has 98 valence electrons. The van der Waals surface area contributed by atoms with Gasteiger partial charge in [-0.05, 0) is 40.9 Å². The summed E-state index contributed by atoms with van der Waals surface area (Å²) in [4.78, 5) is 14.7. The highest BCUT2D eigenvalue weighted by molar-refractivity contribution is 9.10. The molecule has 0 spiro atoms. The minimum atomic E-state index is -4.50. The number of carbonyl (C=O) groups is 1. The summed E-state index contributed by atoms with van der Waals surface area (Å²) in [5.74, 6) is 0. The summed E-state index contributed by atoms with van der Waals surface area (Å²) in [6.07, 6.45) is -2.64. The van der Waals surface area contributed by atoms with Gasteiger partial charge in [-0.1, -0.05) is 0 Å². The summed E-state index contributed by atoms with van der Waals surface area (Å²) >= 11 is 2.90. The van der Waals surface area contributed by atoms with Gasteiger partial charge in [-0.25, -0.2) is 9.78 Å². The maximum atomic E-state index is 12.4. The van der Waals surface area contributed by atoms with Crippen LogP contribution in [-0.2, 0) is 6.18 Å². The fraction of sp³-hybridized carbons (Fsp3) is 0.400. The quantitative estimate of drug-likeness (QED) is 0.821. The molecule has 1 aromatic heterocycles. The Labute approximate surface area is 109 Å². The van der Waals surface area contributed by atoms with Crippen LogP contribution in [0.4, 0.5) is 23.7 Å². The molecule has 1 aliphatic carbocycles. The highest BCUT2D eigenvalue weighted by Gasteiger charge is 2.33. The summed E-state index contributed by atoms with van der Waals surface area (Å²) < 4.78 is 37.0. The Morgan fingerprint density at radius 2 is 2.06 bits per heavy atom. The minimum Gasteiger partial charge on any atom is -0.335 e. The molecule has 1 aromatic rings. The van der Waals surface area contributed by atoms with Gasteiger partial charge in [0.1, 0.15) is 10.3 Å². The minimum absolute atomic E-state index is 0.0525. The van der Waals surface area contributed by atoms with Crippen LogP contribution in [0, 0.1) is 0 Å². The van der Waals surface area contributed by atoms with Crippen LogP contribution in [0.1, 0.15) is 18.5 Å². The van der Waals surface area contributed by atoms with Crippen molar-refractivity contribution in [3.63, 3.8) is 0 Å². The summed E-state index contributed by atoms with van der Waals surface area (Å²) in [5.41, 5.74) is -0.816. The zero-order valence-electron chi connectivity index (χ0n) is 9.01. The fourth-order valence-electron chi connectivity index (χ4n) is 1.26. The normalized spacial score (nSPS) is 15.3. The van der Waals surface area contributed by atoms with Gasteiger partial charge in [0.05, 0.1) is 5.69 Å². The molecule has 1 heterocycles. The smallest absolute Gasteiger partial charge is 0.335 e. The Kier molecular flexibility index (Phi) is 3.47. The number of urea groups is 1. The second-order valence-corrected chi connectivity index (χ2v) is 4.66. The van der Waals surface area contributed by atoms with Gasteiger partial charge in [0.25, 0.3) is 0 Å². The van der Waals surface area contributed by atoms with Crippen LogP contribution in [0.3, 0.4) is 0 Å². The standard InChI is InChI=1S/C10H9BrF3N3O/c11-8-6(16-9(18)15-5-1-2-5)3-4-7(17-8)10(12,13)14/h3-5H,1-2H2,(H2,15,16,18). The third-order valence-corrected chi connectivity index (χ3v) is 2.90. The van der Waals surface area contributed by atoms with E-state index < -0.39 is 17.9 Å². The number of rotatable bonds is 2. The maximum absolute atomic E-state index is 12.4. The zero-order valence-corrected chi connectivity index (χ0v) is 10.6. The third-order valence-electron chi connectivity index (χ3n) is 2.30. The Morgan fingerprint density at radius 3 is 2.56 bits per heavy atom. The highest BCUT2D eigenvalue weighted by atomic mass is 79.9. The molecule has 0 aliphatic heterocycles. The van der Waals surface area contributed by atoms with Crippen molar-refractivity contribution in [3.8, 4) is 0 Å². The van der Waals surface area contributed by atoms with Gasteiger partial charge in [0.2, 0.25) is 0 Å². The molecule has 4 nitrogen and oxygen atoms in total. The molecule has 2 amide bonds. The average molecular weight is 324 g/mol. The van der Waals surface area contributed by atoms with Gasteiger partial charge in [0.15, 0.2) is 0 Å². The van der Waals surface area contributed by atoms with E-state index in [2.05, 4.69) is 31.5 Å². The second kappa shape index (κ2) is 4.75. The zero-order chi connectivity index (χ0) is 13.3. The molecule has 0 unspecified atom stereocenters. The molecular formula is C10H9BrF3N3O. The molecule has 1 aliphatic rings. The summed E-state index contributed by atoms with van der Waals surface area (Å²) in [6, 6.07) is 1.70. The first-order valence-corrected chi connectivity index (χ1v) is 5.97. The van der Waals surface area contributed by atoms with Crippen molar-refractivity contribution in [1.82, 2.24) is 10.3 Å². The number of nitrogens with zero attached hydrogens (tertiary/aromatic N) is 1. The van der Waals surface area contributed by atoms with E-state index >= 15 is 0 Å². The van der Waals surface area contributed by atoms with Crippen molar-refractivity contribution in [2.24, 2.45) is 0 Å². The molecule has 0 radical (unpaired) electrons. The van der Waals surface area contributed by atoms with Crippen molar-refractivity contribution in [1.29, 1.82) is 0 Å². The number of pyridine rings is 1. The number of aromatic nitrogens is 1. The molecule has 8 heteroatoms. The molecule has 0 saturated heterocycles. The van der Waals surface area contributed by atoms with E-state index in [0.717, 1.165) is 25.0 Å². The number of alkyl halides is 3. The molecule has 0 atom stereocenters. The van der Waals surface area contributed by atoms with Gasteiger partial charge in [-0.3, -0.25) is 0 Å². The molecule has 0 aromatic carbocycles. The van der Waals surface area contributed by atoms with Crippen LogP contribution in [0.15, 0.2) is 16.7 Å². The molecule has 2 rings (SSSR count). The van der Waals surface area contributed by atoms with Crippen molar-refractivity contribution >= 4 is 27.6 Å². The summed E-state index contributed by atoms with van der Waals surface area (Å²) in [7, 11) is 0. The molecule has 18 heavy (non-hydrogen) atoms. The van der Waals surface area contributed by atoms with Crippen LogP contribution < -0.4 is 10.6 Å². The van der Waals surface area contributed by atoms with Crippen LogP contribution in [-0.4, -0.2) is 17.1 Å². The van der Waals surface area contributed by atoms with Crippen LogP contribution in [0.5, 0.6) is 0 Å². The predicted molar refractivity (Wildman–Crippen MR) is 62.1 cm³/mol. The molecule has 1 saturated carbocycles. The number of amides is 2. The van der Waals surface area contributed by atoms with Crippen LogP contribution >= 0.6 is 15.9 Å². The first kappa shape index (κ1) is 13.1. The first-order chi connectivity index (χ1) is 8.36. The van der Waals surface area contributed by atoms with E-state index in [0.29, 0.717) is 0 Å². The number of carbonyl (C=O) groups excluding carboxylic acids is 1. The molecule has 2 N–H and O–H groups in total.